The summed E-state index contributed by atoms with van der Waals surface area (Å²) in [6, 6.07) is 16.4. The number of fused-ring (bicyclic) bond motifs is 1. The highest BCUT2D eigenvalue weighted by molar-refractivity contribution is 6.10. The molecule has 0 unspecified atom stereocenters. The average molecular weight is 495 g/mol. The summed E-state index contributed by atoms with van der Waals surface area (Å²) in [7, 11) is 1.54. The molecule has 3 aromatic rings. The van der Waals surface area contributed by atoms with Crippen LogP contribution < -0.4 is 4.74 Å². The van der Waals surface area contributed by atoms with Crippen LogP contribution >= 0.6 is 0 Å². The van der Waals surface area contributed by atoms with E-state index >= 15 is 0 Å². The van der Waals surface area contributed by atoms with Gasteiger partial charge in [-0.25, -0.2) is 0 Å². The third kappa shape index (κ3) is 5.77. The van der Waals surface area contributed by atoms with Gasteiger partial charge < -0.3 is 19.4 Å². The number of ketones is 1. The molecule has 0 radical (unpaired) electrons. The van der Waals surface area contributed by atoms with E-state index in [0.29, 0.717) is 22.3 Å². The predicted octanol–water partition coefficient (Wildman–Crippen LogP) is 3.64. The van der Waals surface area contributed by atoms with Crippen LogP contribution in [0.1, 0.15) is 30.0 Å². The largest absolute Gasteiger partial charge is 0.497 e. The van der Waals surface area contributed by atoms with Gasteiger partial charge >= 0.3 is 11.9 Å². The Kier molecular flexibility index (Phi) is 8.21. The summed E-state index contributed by atoms with van der Waals surface area (Å²) in [4.78, 5) is 52.6. The Labute approximate surface area is 206 Å². The SMILES string of the molecule is CCC(=O)[C@](COC(=O)Cc1ccc(CO[N+](=O)[O-])cc1)(C(=O)O)c1ccc2cc(OC)ccc2c1. The summed E-state index contributed by atoms with van der Waals surface area (Å²) >= 11 is 0. The van der Waals surface area contributed by atoms with Gasteiger partial charge in [0.1, 0.15) is 19.0 Å². The van der Waals surface area contributed by atoms with Crippen LogP contribution in [0.5, 0.6) is 5.75 Å². The number of Topliss-reactive ketones (excluding diaryl/α,β-unsaturated/α-hetero) is 1. The fourth-order valence-corrected chi connectivity index (χ4v) is 3.83. The molecule has 188 valence electrons. The zero-order valence-electron chi connectivity index (χ0n) is 19.8. The first kappa shape index (κ1) is 26.1. The molecular formula is C26H25NO9. The molecule has 3 rings (SSSR count). The van der Waals surface area contributed by atoms with Crippen LogP contribution in [0.2, 0.25) is 0 Å². The van der Waals surface area contributed by atoms with Crippen molar-refractivity contribution in [3.05, 3.63) is 87.5 Å². The van der Waals surface area contributed by atoms with Gasteiger partial charge in [0, 0.05) is 6.42 Å². The van der Waals surface area contributed by atoms with Crippen molar-refractivity contribution in [3.63, 3.8) is 0 Å². The van der Waals surface area contributed by atoms with E-state index in [4.69, 9.17) is 9.47 Å². The number of esters is 1. The second-order valence-corrected chi connectivity index (χ2v) is 8.07. The number of carbonyl (C=O) groups excluding carboxylic acids is 2. The molecule has 1 N–H and O–H groups in total. The van der Waals surface area contributed by atoms with Crippen LogP contribution in [0.3, 0.4) is 0 Å². The lowest BCUT2D eigenvalue weighted by atomic mass is 9.75. The van der Waals surface area contributed by atoms with Crippen LogP contribution in [0, 0.1) is 10.1 Å². The number of nitrogens with zero attached hydrogens (tertiary/aromatic N) is 1. The summed E-state index contributed by atoms with van der Waals surface area (Å²) in [6.45, 7) is 0.665. The molecule has 0 aliphatic carbocycles. The van der Waals surface area contributed by atoms with Crippen LogP contribution in [0.25, 0.3) is 10.8 Å². The Morgan fingerprint density at radius 2 is 1.61 bits per heavy atom. The predicted molar refractivity (Wildman–Crippen MR) is 128 cm³/mol. The Hall–Kier alpha value is -4.47. The minimum Gasteiger partial charge on any atom is -0.497 e. The number of aliphatic carboxylic acids is 1. The summed E-state index contributed by atoms with van der Waals surface area (Å²) in [5, 5.41) is 21.1. The molecule has 0 aliphatic heterocycles. The molecule has 0 aliphatic rings. The lowest BCUT2D eigenvalue weighted by Crippen LogP contribution is -2.48. The zero-order valence-corrected chi connectivity index (χ0v) is 19.8. The van der Waals surface area contributed by atoms with E-state index < -0.39 is 34.8 Å². The normalized spacial score (nSPS) is 12.4. The summed E-state index contributed by atoms with van der Waals surface area (Å²) < 4.78 is 10.5. The Bertz CT molecular complexity index is 1290. The number of rotatable bonds is 12. The maximum absolute atomic E-state index is 13.0. The van der Waals surface area contributed by atoms with E-state index in [-0.39, 0.29) is 25.0 Å². The van der Waals surface area contributed by atoms with Gasteiger partial charge in [-0.1, -0.05) is 49.4 Å². The standard InChI is InChI=1S/C26H25NO9/c1-3-23(28)26(25(30)31,21-10-8-20-14-22(34-2)11-9-19(20)13-21)16-35-24(29)12-17-4-6-18(7-5-17)15-36-27(32)33/h4-11,13-14H,3,12,15-16H2,1-2H3,(H,30,31)/t26-/m1/s1. The average Bonchev–Trinajstić information content (AvgIpc) is 2.87. The number of ether oxygens (including phenoxy) is 2. The quantitative estimate of drug-likeness (QED) is 0.172. The second kappa shape index (κ2) is 11.3. The van der Waals surface area contributed by atoms with Gasteiger partial charge in [0.05, 0.1) is 13.5 Å². The molecule has 0 heterocycles. The Morgan fingerprint density at radius 3 is 2.22 bits per heavy atom. The third-order valence-electron chi connectivity index (χ3n) is 5.86. The lowest BCUT2D eigenvalue weighted by Gasteiger charge is -2.28. The molecule has 10 nitrogen and oxygen atoms in total. The first-order valence-electron chi connectivity index (χ1n) is 11.0. The highest BCUT2D eigenvalue weighted by Gasteiger charge is 2.48. The molecule has 10 heteroatoms. The first-order chi connectivity index (χ1) is 17.2. The van der Waals surface area contributed by atoms with E-state index in [1.54, 1.807) is 74.7 Å². The summed E-state index contributed by atoms with van der Waals surface area (Å²) in [6.07, 6.45) is -0.248. The fraction of sp³-hybridized carbons (Fsp3) is 0.269. The molecule has 0 spiro atoms. The van der Waals surface area contributed by atoms with Gasteiger partial charge in [-0.05, 0) is 45.7 Å². The molecule has 3 aromatic carbocycles. The highest BCUT2D eigenvalue weighted by Crippen LogP contribution is 2.32. The van der Waals surface area contributed by atoms with Crippen molar-refractivity contribution < 1.29 is 38.9 Å². The van der Waals surface area contributed by atoms with Gasteiger partial charge in [0.25, 0.3) is 5.09 Å². The minimum atomic E-state index is -2.07. The number of carboxylic acids is 1. The van der Waals surface area contributed by atoms with E-state index in [9.17, 15) is 29.6 Å². The van der Waals surface area contributed by atoms with Crippen molar-refractivity contribution in [3.8, 4) is 5.75 Å². The van der Waals surface area contributed by atoms with Crippen molar-refractivity contribution in [1.29, 1.82) is 0 Å². The first-order valence-corrected chi connectivity index (χ1v) is 11.0. The summed E-state index contributed by atoms with van der Waals surface area (Å²) in [5.74, 6) is -2.09. The van der Waals surface area contributed by atoms with Crippen LogP contribution in [0.4, 0.5) is 0 Å². The molecule has 36 heavy (non-hydrogen) atoms. The van der Waals surface area contributed by atoms with Crippen molar-refractivity contribution in [2.75, 3.05) is 13.7 Å². The maximum atomic E-state index is 13.0. The van der Waals surface area contributed by atoms with E-state index in [2.05, 4.69) is 4.84 Å². The van der Waals surface area contributed by atoms with Crippen molar-refractivity contribution in [2.45, 2.75) is 31.8 Å². The molecule has 0 saturated carbocycles. The number of hydrogen-bond donors (Lipinski definition) is 1. The van der Waals surface area contributed by atoms with Crippen LogP contribution in [-0.2, 0) is 42.4 Å². The molecule has 0 saturated heterocycles. The van der Waals surface area contributed by atoms with Gasteiger partial charge in [0.2, 0.25) is 0 Å². The fourth-order valence-electron chi connectivity index (χ4n) is 3.83. The van der Waals surface area contributed by atoms with Crippen molar-refractivity contribution >= 4 is 28.5 Å². The molecule has 0 bridgehead atoms. The number of hydrogen-bond acceptors (Lipinski definition) is 8. The van der Waals surface area contributed by atoms with E-state index in [0.717, 1.165) is 5.39 Å². The molecule has 0 aromatic heterocycles. The zero-order chi connectivity index (χ0) is 26.3. The van der Waals surface area contributed by atoms with E-state index in [1.807, 2.05) is 0 Å². The van der Waals surface area contributed by atoms with Crippen LogP contribution in [-0.4, -0.2) is 41.6 Å². The summed E-state index contributed by atoms with van der Waals surface area (Å²) in [5.41, 5.74) is -0.770. The monoisotopic (exact) mass is 495 g/mol. The number of carboxylic acid groups (broad SMARTS) is 1. The van der Waals surface area contributed by atoms with Crippen molar-refractivity contribution in [2.24, 2.45) is 0 Å². The minimum absolute atomic E-state index is 0.0712. The molecule has 0 fully saturated rings. The number of methoxy groups -OCH3 is 1. The maximum Gasteiger partial charge on any atom is 0.325 e. The lowest BCUT2D eigenvalue weighted by molar-refractivity contribution is -0.763. The van der Waals surface area contributed by atoms with Crippen LogP contribution in [0.15, 0.2) is 60.7 Å². The van der Waals surface area contributed by atoms with E-state index in [1.165, 1.54) is 0 Å². The smallest absolute Gasteiger partial charge is 0.325 e. The van der Waals surface area contributed by atoms with Gasteiger partial charge in [-0.3, -0.25) is 14.4 Å². The van der Waals surface area contributed by atoms with Gasteiger partial charge in [-0.15, -0.1) is 10.1 Å². The molecule has 0 amide bonds. The number of carbonyl (C=O) groups is 3. The second-order valence-electron chi connectivity index (χ2n) is 8.07. The van der Waals surface area contributed by atoms with Gasteiger partial charge in [-0.2, -0.15) is 0 Å². The molecule has 1 atom stereocenters. The third-order valence-corrected chi connectivity index (χ3v) is 5.86. The van der Waals surface area contributed by atoms with Gasteiger partial charge in [0.15, 0.2) is 11.2 Å². The highest BCUT2D eigenvalue weighted by atomic mass is 16.9. The molecular weight excluding hydrogens is 470 g/mol. The Balaban J connectivity index is 1.81. The van der Waals surface area contributed by atoms with Crippen molar-refractivity contribution in [1.82, 2.24) is 0 Å². The topological polar surface area (TPSA) is 142 Å². The number of benzene rings is 3. The Morgan fingerprint density at radius 1 is 0.972 bits per heavy atom.